The first-order valence-electron chi connectivity index (χ1n) is 4.70. The minimum Gasteiger partial charge on any atom is -0.306 e. The van der Waals surface area contributed by atoms with Crippen molar-refractivity contribution >= 4 is 23.3 Å². The average molecular weight is 252 g/mol. The minimum absolute atomic E-state index is 0.0303. The Kier molecular flexibility index (Phi) is 3.30. The van der Waals surface area contributed by atoms with Gasteiger partial charge in [-0.25, -0.2) is 14.4 Å². The van der Waals surface area contributed by atoms with Gasteiger partial charge in [-0.1, -0.05) is 17.7 Å². The zero-order valence-corrected chi connectivity index (χ0v) is 9.28. The quantitative estimate of drug-likeness (QED) is 0.835. The van der Waals surface area contributed by atoms with Crippen LogP contribution in [0.15, 0.2) is 36.7 Å². The first-order valence-corrected chi connectivity index (χ1v) is 5.08. The summed E-state index contributed by atoms with van der Waals surface area (Å²) in [4.78, 5) is 19.2. The molecule has 0 bridgehead atoms. The lowest BCUT2D eigenvalue weighted by molar-refractivity contribution is 0.102. The van der Waals surface area contributed by atoms with Gasteiger partial charge in [-0.15, -0.1) is 0 Å². The number of carbonyl (C=O) groups is 1. The molecule has 0 aromatic carbocycles. The maximum Gasteiger partial charge on any atom is 0.260 e. The van der Waals surface area contributed by atoms with Crippen molar-refractivity contribution < 1.29 is 9.18 Å². The molecule has 0 fully saturated rings. The van der Waals surface area contributed by atoms with Gasteiger partial charge in [0.1, 0.15) is 16.8 Å². The van der Waals surface area contributed by atoms with Crippen molar-refractivity contribution in [3.05, 3.63) is 53.2 Å². The Morgan fingerprint density at radius 1 is 1.35 bits per heavy atom. The molecular weight excluding hydrogens is 245 g/mol. The van der Waals surface area contributed by atoms with Gasteiger partial charge < -0.3 is 5.32 Å². The zero-order valence-electron chi connectivity index (χ0n) is 8.52. The van der Waals surface area contributed by atoms with Crippen LogP contribution in [0.25, 0.3) is 0 Å². The Balaban J connectivity index is 2.23. The van der Waals surface area contributed by atoms with E-state index in [1.165, 1.54) is 6.20 Å². The summed E-state index contributed by atoms with van der Waals surface area (Å²) < 4.78 is 12.9. The van der Waals surface area contributed by atoms with Crippen molar-refractivity contribution in [3.63, 3.8) is 0 Å². The summed E-state index contributed by atoms with van der Waals surface area (Å²) in [6.45, 7) is 0. The highest BCUT2D eigenvalue weighted by Gasteiger charge is 2.13. The van der Waals surface area contributed by atoms with E-state index in [9.17, 15) is 9.18 Å². The van der Waals surface area contributed by atoms with Gasteiger partial charge in [0, 0.05) is 6.20 Å². The van der Waals surface area contributed by atoms with E-state index >= 15 is 0 Å². The molecule has 1 N–H and O–H groups in total. The number of nitrogens with zero attached hydrogens (tertiary/aromatic N) is 2. The fourth-order valence-electron chi connectivity index (χ4n) is 1.20. The zero-order chi connectivity index (χ0) is 12.3. The van der Waals surface area contributed by atoms with E-state index in [0.717, 1.165) is 12.3 Å². The second kappa shape index (κ2) is 4.88. The molecule has 0 saturated heterocycles. The molecule has 2 aromatic heterocycles. The number of rotatable bonds is 2. The number of amides is 1. The number of hydrogen-bond acceptors (Lipinski definition) is 3. The smallest absolute Gasteiger partial charge is 0.260 e. The van der Waals surface area contributed by atoms with Crippen molar-refractivity contribution in [1.29, 1.82) is 0 Å². The molecule has 0 aliphatic carbocycles. The van der Waals surface area contributed by atoms with Gasteiger partial charge in [-0.2, -0.15) is 0 Å². The van der Waals surface area contributed by atoms with Crippen LogP contribution in [0.1, 0.15) is 10.4 Å². The van der Waals surface area contributed by atoms with E-state index in [4.69, 9.17) is 11.6 Å². The average Bonchev–Trinajstić information content (AvgIpc) is 2.33. The lowest BCUT2D eigenvalue weighted by Gasteiger charge is -2.05. The van der Waals surface area contributed by atoms with E-state index in [2.05, 4.69) is 15.3 Å². The third kappa shape index (κ3) is 2.76. The Morgan fingerprint density at radius 2 is 2.18 bits per heavy atom. The summed E-state index contributed by atoms with van der Waals surface area (Å²) in [5, 5.41) is 2.43. The fourth-order valence-corrected chi connectivity index (χ4v) is 1.39. The molecule has 0 radical (unpaired) electrons. The Morgan fingerprint density at radius 3 is 2.88 bits per heavy atom. The van der Waals surface area contributed by atoms with Crippen LogP contribution in [-0.2, 0) is 0 Å². The number of pyridine rings is 2. The molecule has 0 atom stereocenters. The van der Waals surface area contributed by atoms with Crippen LogP contribution in [-0.4, -0.2) is 15.9 Å². The summed E-state index contributed by atoms with van der Waals surface area (Å²) in [6, 6.07) is 6.06. The summed E-state index contributed by atoms with van der Waals surface area (Å²) in [7, 11) is 0. The standard InChI is InChI=1S/C11H7ClFN3O/c12-10-8(5-7(13)6-15-10)11(17)16-9-3-1-2-4-14-9/h1-6H,(H,14,16,17). The summed E-state index contributed by atoms with van der Waals surface area (Å²) in [5.41, 5.74) is -0.0303. The lowest BCUT2D eigenvalue weighted by atomic mass is 10.2. The van der Waals surface area contributed by atoms with Crippen molar-refractivity contribution in [1.82, 2.24) is 9.97 Å². The molecule has 4 nitrogen and oxygen atoms in total. The van der Waals surface area contributed by atoms with Gasteiger partial charge in [0.05, 0.1) is 11.8 Å². The van der Waals surface area contributed by atoms with Crippen molar-refractivity contribution in [2.45, 2.75) is 0 Å². The number of carbonyl (C=O) groups excluding carboxylic acids is 1. The molecule has 6 heteroatoms. The number of halogens is 2. The molecule has 2 aromatic rings. The third-order valence-corrected chi connectivity index (χ3v) is 2.26. The van der Waals surface area contributed by atoms with Gasteiger partial charge >= 0.3 is 0 Å². The molecule has 0 aliphatic heterocycles. The van der Waals surface area contributed by atoms with Crippen LogP contribution >= 0.6 is 11.6 Å². The molecule has 0 aliphatic rings. The topological polar surface area (TPSA) is 54.9 Å². The second-order valence-electron chi connectivity index (χ2n) is 3.16. The Bertz CT molecular complexity index is 548. The normalized spacial score (nSPS) is 10.0. The van der Waals surface area contributed by atoms with Crippen molar-refractivity contribution in [2.24, 2.45) is 0 Å². The van der Waals surface area contributed by atoms with Gasteiger partial charge in [0.2, 0.25) is 0 Å². The van der Waals surface area contributed by atoms with E-state index in [1.807, 2.05) is 0 Å². The van der Waals surface area contributed by atoms with Crippen LogP contribution in [0.2, 0.25) is 5.15 Å². The predicted octanol–water partition coefficient (Wildman–Crippen LogP) is 2.52. The van der Waals surface area contributed by atoms with Crippen molar-refractivity contribution in [2.75, 3.05) is 5.32 Å². The van der Waals surface area contributed by atoms with Gasteiger partial charge in [-0.05, 0) is 18.2 Å². The number of aromatic nitrogens is 2. The van der Waals surface area contributed by atoms with Crippen molar-refractivity contribution in [3.8, 4) is 0 Å². The molecule has 0 saturated carbocycles. The molecular formula is C11H7ClFN3O. The second-order valence-corrected chi connectivity index (χ2v) is 3.52. The summed E-state index contributed by atoms with van der Waals surface area (Å²) in [5.74, 6) is -0.820. The van der Waals surface area contributed by atoms with E-state index in [0.29, 0.717) is 5.82 Å². The predicted molar refractivity (Wildman–Crippen MR) is 61.4 cm³/mol. The van der Waals surface area contributed by atoms with Gasteiger partial charge in [0.15, 0.2) is 0 Å². The van der Waals surface area contributed by atoms with Crippen LogP contribution in [0.4, 0.5) is 10.2 Å². The molecule has 2 heterocycles. The maximum absolute atomic E-state index is 12.9. The van der Waals surface area contributed by atoms with Crippen LogP contribution < -0.4 is 5.32 Å². The lowest BCUT2D eigenvalue weighted by Crippen LogP contribution is -2.14. The maximum atomic E-state index is 12.9. The number of nitrogens with one attached hydrogen (secondary N) is 1. The third-order valence-electron chi connectivity index (χ3n) is 1.96. The monoisotopic (exact) mass is 251 g/mol. The van der Waals surface area contributed by atoms with Crippen LogP contribution in [0.5, 0.6) is 0 Å². The molecule has 0 unspecified atom stereocenters. The van der Waals surface area contributed by atoms with Crippen LogP contribution in [0.3, 0.4) is 0 Å². The molecule has 17 heavy (non-hydrogen) atoms. The first kappa shape index (κ1) is 11.5. The number of anilines is 1. The fraction of sp³-hybridized carbons (Fsp3) is 0. The highest BCUT2D eigenvalue weighted by molar-refractivity contribution is 6.33. The van der Waals surface area contributed by atoms with Gasteiger partial charge in [-0.3, -0.25) is 4.79 Å². The summed E-state index contributed by atoms with van der Waals surface area (Å²) in [6.07, 6.45) is 2.47. The minimum atomic E-state index is -0.624. The Labute approximate surface area is 101 Å². The van der Waals surface area contributed by atoms with E-state index in [-0.39, 0.29) is 10.7 Å². The highest BCUT2D eigenvalue weighted by Crippen LogP contribution is 2.15. The molecule has 1 amide bonds. The van der Waals surface area contributed by atoms with Crippen LogP contribution in [0, 0.1) is 5.82 Å². The summed E-state index contributed by atoms with van der Waals surface area (Å²) >= 11 is 5.70. The molecule has 2 rings (SSSR count). The van der Waals surface area contributed by atoms with E-state index < -0.39 is 11.7 Å². The van der Waals surface area contributed by atoms with Gasteiger partial charge in [0.25, 0.3) is 5.91 Å². The largest absolute Gasteiger partial charge is 0.306 e. The molecule has 86 valence electrons. The Hall–Kier alpha value is -2.01. The SMILES string of the molecule is O=C(Nc1ccccn1)c1cc(F)cnc1Cl. The first-order chi connectivity index (χ1) is 8.16. The number of hydrogen-bond donors (Lipinski definition) is 1. The van der Waals surface area contributed by atoms with E-state index in [1.54, 1.807) is 18.2 Å². The molecule has 0 spiro atoms. The highest BCUT2D eigenvalue weighted by atomic mass is 35.5.